The Balaban J connectivity index is 2.12. The summed E-state index contributed by atoms with van der Waals surface area (Å²) >= 11 is 5.82. The van der Waals surface area contributed by atoms with Gasteiger partial charge in [-0.15, -0.1) is 0 Å². The van der Waals surface area contributed by atoms with E-state index in [2.05, 4.69) is 5.32 Å². The SMILES string of the molecule is CCOc1cc(C(=O)OC(C)C(=O)NCc2ccc(Cl)cc2)c([N+](=O)[O-])cc1OC. The number of esters is 1. The van der Waals surface area contributed by atoms with E-state index in [0.29, 0.717) is 5.02 Å². The van der Waals surface area contributed by atoms with Crippen molar-refractivity contribution in [2.45, 2.75) is 26.5 Å². The normalized spacial score (nSPS) is 11.3. The smallest absolute Gasteiger partial charge is 0.346 e. The minimum atomic E-state index is -1.18. The van der Waals surface area contributed by atoms with Crippen LogP contribution in [-0.4, -0.2) is 36.6 Å². The van der Waals surface area contributed by atoms with Crippen LogP contribution in [0.2, 0.25) is 5.02 Å². The molecule has 0 aliphatic rings. The lowest BCUT2D eigenvalue weighted by molar-refractivity contribution is -0.385. The molecule has 1 amide bonds. The molecule has 0 fully saturated rings. The number of hydrogen-bond acceptors (Lipinski definition) is 7. The first-order chi connectivity index (χ1) is 14.3. The van der Waals surface area contributed by atoms with E-state index < -0.39 is 28.6 Å². The maximum absolute atomic E-state index is 12.5. The van der Waals surface area contributed by atoms with Gasteiger partial charge in [-0.3, -0.25) is 14.9 Å². The van der Waals surface area contributed by atoms with Crippen molar-refractivity contribution < 1.29 is 28.7 Å². The zero-order valence-corrected chi connectivity index (χ0v) is 17.4. The van der Waals surface area contributed by atoms with E-state index in [9.17, 15) is 19.7 Å². The number of rotatable bonds is 9. The molecule has 0 saturated carbocycles. The van der Waals surface area contributed by atoms with Gasteiger partial charge in [0.2, 0.25) is 0 Å². The molecule has 1 unspecified atom stereocenters. The van der Waals surface area contributed by atoms with Gasteiger partial charge >= 0.3 is 5.97 Å². The van der Waals surface area contributed by atoms with Crippen molar-refractivity contribution in [3.63, 3.8) is 0 Å². The third-order valence-corrected chi connectivity index (χ3v) is 4.28. The summed E-state index contributed by atoms with van der Waals surface area (Å²) in [5, 5.41) is 14.6. The number of ether oxygens (including phenoxy) is 3. The van der Waals surface area contributed by atoms with Crippen molar-refractivity contribution in [1.82, 2.24) is 5.32 Å². The number of nitrogens with zero attached hydrogens (tertiary/aromatic N) is 1. The summed E-state index contributed by atoms with van der Waals surface area (Å²) in [6.45, 7) is 3.54. The molecule has 1 atom stereocenters. The number of halogens is 1. The third kappa shape index (κ3) is 5.84. The van der Waals surface area contributed by atoms with Gasteiger partial charge in [0.05, 0.1) is 24.7 Å². The number of nitro benzene ring substituents is 1. The van der Waals surface area contributed by atoms with E-state index in [0.717, 1.165) is 11.6 Å². The van der Waals surface area contributed by atoms with Crippen LogP contribution in [0.5, 0.6) is 11.5 Å². The molecule has 0 heterocycles. The Morgan fingerprint density at radius 3 is 2.43 bits per heavy atom. The first-order valence-electron chi connectivity index (χ1n) is 8.99. The molecule has 9 nitrogen and oxygen atoms in total. The summed E-state index contributed by atoms with van der Waals surface area (Å²) in [6, 6.07) is 9.11. The number of methoxy groups -OCH3 is 1. The molecule has 0 bridgehead atoms. The maximum atomic E-state index is 12.5. The zero-order valence-electron chi connectivity index (χ0n) is 16.6. The molecule has 0 saturated heterocycles. The molecule has 160 valence electrons. The third-order valence-electron chi connectivity index (χ3n) is 4.03. The fraction of sp³-hybridized carbons (Fsp3) is 0.300. The van der Waals surface area contributed by atoms with Gasteiger partial charge in [0.25, 0.3) is 11.6 Å². The molecule has 0 spiro atoms. The largest absolute Gasteiger partial charge is 0.493 e. The molecule has 10 heteroatoms. The van der Waals surface area contributed by atoms with Gasteiger partial charge in [0, 0.05) is 17.6 Å². The number of carbonyl (C=O) groups is 2. The lowest BCUT2D eigenvalue weighted by Gasteiger charge is -2.15. The van der Waals surface area contributed by atoms with Crippen LogP contribution in [-0.2, 0) is 16.1 Å². The maximum Gasteiger partial charge on any atom is 0.346 e. The first kappa shape index (κ1) is 23.0. The Morgan fingerprint density at radius 1 is 1.20 bits per heavy atom. The van der Waals surface area contributed by atoms with Gasteiger partial charge < -0.3 is 19.5 Å². The van der Waals surface area contributed by atoms with E-state index in [1.807, 2.05) is 0 Å². The highest BCUT2D eigenvalue weighted by Crippen LogP contribution is 2.35. The summed E-state index contributed by atoms with van der Waals surface area (Å²) in [6.07, 6.45) is -1.18. The Bertz CT molecular complexity index is 931. The Morgan fingerprint density at radius 2 is 1.87 bits per heavy atom. The highest BCUT2D eigenvalue weighted by molar-refractivity contribution is 6.30. The fourth-order valence-electron chi connectivity index (χ4n) is 2.50. The summed E-state index contributed by atoms with van der Waals surface area (Å²) in [4.78, 5) is 35.4. The highest BCUT2D eigenvalue weighted by atomic mass is 35.5. The molecule has 30 heavy (non-hydrogen) atoms. The number of benzene rings is 2. The van der Waals surface area contributed by atoms with Crippen LogP contribution in [0.3, 0.4) is 0 Å². The fourth-order valence-corrected chi connectivity index (χ4v) is 2.63. The lowest BCUT2D eigenvalue weighted by Crippen LogP contribution is -2.35. The van der Waals surface area contributed by atoms with Crippen molar-refractivity contribution in [3.8, 4) is 11.5 Å². The standard InChI is InChI=1S/C20H21ClN2O7/c1-4-29-18-9-15(16(23(26)27)10-17(18)28-3)20(25)30-12(2)19(24)22-11-13-5-7-14(21)8-6-13/h5-10,12H,4,11H2,1-3H3,(H,22,24). The molecular weight excluding hydrogens is 416 g/mol. The number of carbonyl (C=O) groups excluding carboxylic acids is 2. The van der Waals surface area contributed by atoms with E-state index in [1.54, 1.807) is 31.2 Å². The Kier molecular flexibility index (Phi) is 7.99. The van der Waals surface area contributed by atoms with Crippen molar-refractivity contribution in [3.05, 3.63) is 62.7 Å². The first-order valence-corrected chi connectivity index (χ1v) is 9.37. The summed E-state index contributed by atoms with van der Waals surface area (Å²) in [5.41, 5.74) is -0.0610. The van der Waals surface area contributed by atoms with Crippen molar-refractivity contribution in [2.75, 3.05) is 13.7 Å². The number of amides is 1. The van der Waals surface area contributed by atoms with Crippen LogP contribution < -0.4 is 14.8 Å². The molecular formula is C20H21ClN2O7. The topological polar surface area (TPSA) is 117 Å². The second-order valence-electron chi connectivity index (χ2n) is 6.10. The van der Waals surface area contributed by atoms with Crippen LogP contribution in [0.15, 0.2) is 36.4 Å². The summed E-state index contributed by atoms with van der Waals surface area (Å²) < 4.78 is 15.6. The monoisotopic (exact) mass is 436 g/mol. The molecule has 2 aromatic rings. The van der Waals surface area contributed by atoms with Gasteiger partial charge in [0.1, 0.15) is 5.56 Å². The molecule has 1 N–H and O–H groups in total. The number of nitro groups is 1. The second-order valence-corrected chi connectivity index (χ2v) is 6.54. The van der Waals surface area contributed by atoms with Crippen LogP contribution in [0, 0.1) is 10.1 Å². The Labute approximate surface area is 178 Å². The predicted octanol–water partition coefficient (Wildman–Crippen LogP) is 3.52. The van der Waals surface area contributed by atoms with Gasteiger partial charge in [-0.05, 0) is 31.5 Å². The second kappa shape index (κ2) is 10.4. The zero-order chi connectivity index (χ0) is 22.3. The van der Waals surface area contributed by atoms with Gasteiger partial charge in [-0.1, -0.05) is 23.7 Å². The molecule has 0 aliphatic carbocycles. The average molecular weight is 437 g/mol. The van der Waals surface area contributed by atoms with E-state index in [-0.39, 0.29) is 30.2 Å². The summed E-state index contributed by atoms with van der Waals surface area (Å²) in [5.74, 6) is -1.33. The van der Waals surface area contributed by atoms with Crippen LogP contribution in [0.4, 0.5) is 5.69 Å². The minimum Gasteiger partial charge on any atom is -0.493 e. The minimum absolute atomic E-state index is 0.105. The van der Waals surface area contributed by atoms with Gasteiger partial charge in [0.15, 0.2) is 17.6 Å². The van der Waals surface area contributed by atoms with Crippen molar-refractivity contribution >= 4 is 29.2 Å². The lowest BCUT2D eigenvalue weighted by atomic mass is 10.1. The molecule has 0 aliphatic heterocycles. The van der Waals surface area contributed by atoms with Crippen molar-refractivity contribution in [1.29, 1.82) is 0 Å². The van der Waals surface area contributed by atoms with Crippen molar-refractivity contribution in [2.24, 2.45) is 0 Å². The molecule has 2 aromatic carbocycles. The predicted molar refractivity (Wildman–Crippen MR) is 109 cm³/mol. The van der Waals surface area contributed by atoms with E-state index in [1.165, 1.54) is 20.1 Å². The van der Waals surface area contributed by atoms with E-state index in [4.69, 9.17) is 25.8 Å². The average Bonchev–Trinajstić information content (AvgIpc) is 2.72. The Hall–Kier alpha value is -3.33. The number of hydrogen-bond donors (Lipinski definition) is 1. The highest BCUT2D eigenvalue weighted by Gasteiger charge is 2.28. The number of nitrogens with one attached hydrogen (secondary N) is 1. The van der Waals surface area contributed by atoms with E-state index >= 15 is 0 Å². The molecule has 0 aromatic heterocycles. The quantitative estimate of drug-likeness (QED) is 0.363. The van der Waals surface area contributed by atoms with Gasteiger partial charge in [-0.2, -0.15) is 0 Å². The molecule has 2 rings (SSSR count). The summed E-state index contributed by atoms with van der Waals surface area (Å²) in [7, 11) is 1.33. The molecule has 0 radical (unpaired) electrons. The van der Waals surface area contributed by atoms with Crippen LogP contribution in [0.1, 0.15) is 29.8 Å². The van der Waals surface area contributed by atoms with Gasteiger partial charge in [-0.25, -0.2) is 4.79 Å². The van der Waals surface area contributed by atoms with Crippen LogP contribution >= 0.6 is 11.6 Å². The van der Waals surface area contributed by atoms with Crippen LogP contribution in [0.25, 0.3) is 0 Å².